The molecule has 0 spiro atoms. The Morgan fingerprint density at radius 3 is 3.11 bits per heavy atom. The van der Waals surface area contributed by atoms with Crippen molar-refractivity contribution in [2.75, 3.05) is 5.75 Å². The molecule has 1 unspecified atom stereocenters. The van der Waals surface area contributed by atoms with Gasteiger partial charge in [-0.3, -0.25) is 0 Å². The van der Waals surface area contributed by atoms with E-state index >= 15 is 0 Å². The number of pyridine rings is 1. The third-order valence-electron chi connectivity index (χ3n) is 3.08. The molecule has 94 valence electrons. The summed E-state index contributed by atoms with van der Waals surface area (Å²) in [5.41, 5.74) is 0.642. The van der Waals surface area contributed by atoms with Gasteiger partial charge in [0.1, 0.15) is 5.56 Å². The van der Waals surface area contributed by atoms with Crippen molar-refractivity contribution in [3.63, 3.8) is 0 Å². The summed E-state index contributed by atoms with van der Waals surface area (Å²) in [5.74, 6) is 0.927. The molecule has 0 aromatic carbocycles. The first-order valence-electron chi connectivity index (χ1n) is 5.96. The fourth-order valence-corrected chi connectivity index (χ4v) is 3.41. The predicted molar refractivity (Wildman–Crippen MR) is 69.0 cm³/mol. The Bertz CT molecular complexity index is 590. The summed E-state index contributed by atoms with van der Waals surface area (Å²) < 4.78 is 1.56. The highest BCUT2D eigenvalue weighted by Gasteiger charge is 2.22. The lowest BCUT2D eigenvalue weighted by atomic mass is 10.2. The van der Waals surface area contributed by atoms with Gasteiger partial charge in [0.05, 0.1) is 5.25 Å². The molecule has 1 saturated heterocycles. The monoisotopic (exact) mass is 263 g/mol. The van der Waals surface area contributed by atoms with Crippen LogP contribution >= 0.6 is 11.8 Å². The van der Waals surface area contributed by atoms with E-state index in [1.807, 2.05) is 11.8 Å². The smallest absolute Gasteiger partial charge is 0.339 e. The summed E-state index contributed by atoms with van der Waals surface area (Å²) in [5, 5.41) is 13.8. The van der Waals surface area contributed by atoms with Crippen LogP contribution in [-0.4, -0.2) is 31.4 Å². The molecule has 0 bridgehead atoms. The maximum absolute atomic E-state index is 11.1. The molecule has 5 nitrogen and oxygen atoms in total. The van der Waals surface area contributed by atoms with E-state index in [1.165, 1.54) is 12.8 Å². The van der Waals surface area contributed by atoms with Gasteiger partial charge in [-0.25, -0.2) is 14.3 Å². The number of hydrogen-bond acceptors (Lipinski definition) is 4. The second kappa shape index (κ2) is 4.61. The Hall–Kier alpha value is -1.56. The Morgan fingerprint density at radius 2 is 2.39 bits per heavy atom. The van der Waals surface area contributed by atoms with Gasteiger partial charge in [-0.15, -0.1) is 0 Å². The van der Waals surface area contributed by atoms with E-state index in [1.54, 1.807) is 22.8 Å². The van der Waals surface area contributed by atoms with Gasteiger partial charge >= 0.3 is 5.97 Å². The van der Waals surface area contributed by atoms with Crippen molar-refractivity contribution in [3.8, 4) is 0 Å². The van der Waals surface area contributed by atoms with Crippen molar-refractivity contribution in [1.82, 2.24) is 14.6 Å². The maximum Gasteiger partial charge on any atom is 0.339 e. The molecule has 2 aromatic rings. The molecule has 2 aromatic heterocycles. The topological polar surface area (TPSA) is 67.5 Å². The van der Waals surface area contributed by atoms with Gasteiger partial charge in [0.15, 0.2) is 11.5 Å². The zero-order chi connectivity index (χ0) is 12.5. The minimum Gasteiger partial charge on any atom is -0.478 e. The van der Waals surface area contributed by atoms with Crippen LogP contribution in [0.25, 0.3) is 5.65 Å². The quantitative estimate of drug-likeness (QED) is 0.901. The van der Waals surface area contributed by atoms with Crippen molar-refractivity contribution in [3.05, 3.63) is 29.7 Å². The summed E-state index contributed by atoms with van der Waals surface area (Å²) in [6.07, 6.45) is 5.25. The van der Waals surface area contributed by atoms with Gasteiger partial charge in [-0.1, -0.05) is 6.42 Å². The highest BCUT2D eigenvalue weighted by atomic mass is 32.2. The number of aromatic nitrogens is 3. The molecule has 1 N–H and O–H groups in total. The van der Waals surface area contributed by atoms with Crippen LogP contribution in [0.1, 0.15) is 40.7 Å². The lowest BCUT2D eigenvalue weighted by Gasteiger charge is -2.17. The van der Waals surface area contributed by atoms with E-state index in [-0.39, 0.29) is 5.56 Å². The summed E-state index contributed by atoms with van der Waals surface area (Å²) in [4.78, 5) is 15.5. The summed E-state index contributed by atoms with van der Waals surface area (Å²) in [7, 11) is 0. The van der Waals surface area contributed by atoms with E-state index in [4.69, 9.17) is 5.11 Å². The van der Waals surface area contributed by atoms with Crippen molar-refractivity contribution < 1.29 is 9.90 Å². The number of carboxylic acids is 1. The molecule has 0 saturated carbocycles. The third kappa shape index (κ3) is 1.96. The number of carbonyl (C=O) groups is 1. The van der Waals surface area contributed by atoms with Gasteiger partial charge in [-0.05, 0) is 30.7 Å². The number of thioether (sulfide) groups is 1. The van der Waals surface area contributed by atoms with Crippen LogP contribution < -0.4 is 0 Å². The molecule has 3 heterocycles. The maximum atomic E-state index is 11.1. The van der Waals surface area contributed by atoms with E-state index in [0.717, 1.165) is 18.0 Å². The lowest BCUT2D eigenvalue weighted by Crippen LogP contribution is -2.04. The Labute approximate surface area is 108 Å². The molecule has 18 heavy (non-hydrogen) atoms. The first-order valence-corrected chi connectivity index (χ1v) is 7.01. The van der Waals surface area contributed by atoms with E-state index in [9.17, 15) is 4.79 Å². The lowest BCUT2D eigenvalue weighted by molar-refractivity contribution is 0.0698. The normalized spacial score (nSPS) is 20.1. The van der Waals surface area contributed by atoms with E-state index < -0.39 is 5.97 Å². The molecule has 0 radical (unpaired) electrons. The highest BCUT2D eigenvalue weighted by molar-refractivity contribution is 7.99. The molecule has 1 atom stereocenters. The Kier molecular flexibility index (Phi) is 2.95. The Balaban J connectivity index is 2.04. The molecule has 1 aliphatic heterocycles. The second-order valence-electron chi connectivity index (χ2n) is 4.32. The SMILES string of the molecule is O=C(O)c1cccn2nc(C3CCCCS3)nc12. The first-order chi connectivity index (χ1) is 8.75. The van der Waals surface area contributed by atoms with Crippen LogP contribution in [-0.2, 0) is 0 Å². The number of nitrogens with zero attached hydrogens (tertiary/aromatic N) is 3. The number of hydrogen-bond donors (Lipinski definition) is 1. The first kappa shape index (κ1) is 11.5. The molecular weight excluding hydrogens is 250 g/mol. The van der Waals surface area contributed by atoms with Crippen LogP contribution in [0.5, 0.6) is 0 Å². The fourth-order valence-electron chi connectivity index (χ4n) is 2.17. The van der Waals surface area contributed by atoms with Crippen LogP contribution in [0.2, 0.25) is 0 Å². The fraction of sp³-hybridized carbons (Fsp3) is 0.417. The number of aromatic carboxylic acids is 1. The summed E-state index contributed by atoms with van der Waals surface area (Å²) in [6, 6.07) is 3.24. The number of carboxylic acid groups (broad SMARTS) is 1. The van der Waals surface area contributed by atoms with Crippen LogP contribution in [0.3, 0.4) is 0 Å². The average molecular weight is 263 g/mol. The molecule has 1 fully saturated rings. The van der Waals surface area contributed by atoms with Gasteiger partial charge in [0.2, 0.25) is 0 Å². The van der Waals surface area contributed by atoms with Crippen LogP contribution in [0, 0.1) is 0 Å². The molecule has 3 rings (SSSR count). The summed E-state index contributed by atoms with van der Waals surface area (Å²) >= 11 is 1.86. The standard InChI is InChI=1S/C12H13N3O2S/c16-12(17)8-4-3-6-15-11(8)13-10(14-15)9-5-1-2-7-18-9/h3-4,6,9H,1-2,5,7H2,(H,16,17). The predicted octanol–water partition coefficient (Wildman–Crippen LogP) is 2.39. The zero-order valence-electron chi connectivity index (χ0n) is 9.74. The van der Waals surface area contributed by atoms with E-state index in [0.29, 0.717) is 10.9 Å². The molecule has 0 aliphatic carbocycles. The van der Waals surface area contributed by atoms with Crippen LogP contribution in [0.15, 0.2) is 18.3 Å². The largest absolute Gasteiger partial charge is 0.478 e. The molecular formula is C12H13N3O2S. The van der Waals surface area contributed by atoms with Crippen molar-refractivity contribution >= 4 is 23.4 Å². The molecule has 1 aliphatic rings. The zero-order valence-corrected chi connectivity index (χ0v) is 10.6. The average Bonchev–Trinajstić information content (AvgIpc) is 2.83. The minimum atomic E-state index is -0.962. The highest BCUT2D eigenvalue weighted by Crippen LogP contribution is 2.36. The van der Waals surface area contributed by atoms with Gasteiger partial charge < -0.3 is 5.11 Å². The van der Waals surface area contributed by atoms with Gasteiger partial charge in [0, 0.05) is 6.20 Å². The number of rotatable bonds is 2. The van der Waals surface area contributed by atoms with Gasteiger partial charge in [0.25, 0.3) is 0 Å². The van der Waals surface area contributed by atoms with Crippen molar-refractivity contribution in [2.24, 2.45) is 0 Å². The molecule has 0 amide bonds. The van der Waals surface area contributed by atoms with Crippen molar-refractivity contribution in [1.29, 1.82) is 0 Å². The second-order valence-corrected chi connectivity index (χ2v) is 5.63. The van der Waals surface area contributed by atoms with Gasteiger partial charge in [-0.2, -0.15) is 16.9 Å². The number of fused-ring (bicyclic) bond motifs is 1. The van der Waals surface area contributed by atoms with E-state index in [2.05, 4.69) is 10.1 Å². The minimum absolute atomic E-state index is 0.206. The van der Waals surface area contributed by atoms with Crippen molar-refractivity contribution in [2.45, 2.75) is 24.5 Å². The van der Waals surface area contributed by atoms with Crippen LogP contribution in [0.4, 0.5) is 0 Å². The Morgan fingerprint density at radius 1 is 1.50 bits per heavy atom. The molecule has 6 heteroatoms. The summed E-state index contributed by atoms with van der Waals surface area (Å²) in [6.45, 7) is 0. The third-order valence-corrected chi connectivity index (χ3v) is 4.45.